The maximum atomic E-state index is 12.9. The topological polar surface area (TPSA) is 103 Å². The number of hydrogen-bond acceptors (Lipinski definition) is 7. The first-order valence-electron chi connectivity index (χ1n) is 8.59. The quantitative estimate of drug-likeness (QED) is 0.708. The van der Waals surface area contributed by atoms with Gasteiger partial charge in [-0.1, -0.05) is 19.0 Å². The second kappa shape index (κ2) is 6.66. The second-order valence-electron chi connectivity index (χ2n) is 6.58. The van der Waals surface area contributed by atoms with Gasteiger partial charge in [0.05, 0.1) is 5.56 Å². The Morgan fingerprint density at radius 3 is 2.73 bits per heavy atom. The molecule has 1 amide bonds. The Labute approximate surface area is 150 Å². The summed E-state index contributed by atoms with van der Waals surface area (Å²) in [6.45, 7) is 4.68. The van der Waals surface area contributed by atoms with Crippen molar-refractivity contribution in [3.8, 4) is 5.82 Å². The lowest BCUT2D eigenvalue weighted by Gasteiger charge is -2.21. The van der Waals surface area contributed by atoms with Crippen molar-refractivity contribution < 1.29 is 9.32 Å². The van der Waals surface area contributed by atoms with Gasteiger partial charge in [0.2, 0.25) is 5.89 Å². The molecule has 1 aliphatic rings. The minimum atomic E-state index is -0.181. The molecule has 1 atom stereocenters. The van der Waals surface area contributed by atoms with E-state index in [0.717, 1.165) is 12.8 Å². The van der Waals surface area contributed by atoms with E-state index in [0.29, 0.717) is 29.6 Å². The smallest absolute Gasteiger partial charge is 0.256 e. The Morgan fingerprint density at radius 2 is 2.08 bits per heavy atom. The van der Waals surface area contributed by atoms with E-state index in [-0.39, 0.29) is 17.9 Å². The molecule has 0 bridgehead atoms. The summed E-state index contributed by atoms with van der Waals surface area (Å²) >= 11 is 0. The molecule has 134 valence electrons. The third-order valence-corrected chi connectivity index (χ3v) is 4.45. The molecule has 26 heavy (non-hydrogen) atoms. The van der Waals surface area contributed by atoms with E-state index >= 15 is 0 Å². The van der Waals surface area contributed by atoms with Crippen LogP contribution in [0.15, 0.2) is 35.5 Å². The first-order chi connectivity index (χ1) is 12.6. The number of carbonyl (C=O) groups excluding carboxylic acids is 1. The molecule has 9 heteroatoms. The Kier molecular flexibility index (Phi) is 4.19. The van der Waals surface area contributed by atoms with E-state index < -0.39 is 0 Å². The van der Waals surface area contributed by atoms with Crippen molar-refractivity contribution in [2.45, 2.75) is 38.6 Å². The molecule has 3 aromatic rings. The average Bonchev–Trinajstić information content (AvgIpc) is 3.42. The van der Waals surface area contributed by atoms with Crippen LogP contribution in [0, 0.1) is 0 Å². The zero-order valence-corrected chi connectivity index (χ0v) is 14.6. The lowest BCUT2D eigenvalue weighted by Crippen LogP contribution is -2.30. The van der Waals surface area contributed by atoms with Crippen LogP contribution >= 0.6 is 0 Å². The van der Waals surface area contributed by atoms with Gasteiger partial charge in [0.15, 0.2) is 5.82 Å². The van der Waals surface area contributed by atoms with E-state index in [4.69, 9.17) is 4.52 Å². The Hall–Kier alpha value is -3.10. The highest BCUT2D eigenvalue weighted by Crippen LogP contribution is 2.32. The van der Waals surface area contributed by atoms with E-state index in [1.807, 2.05) is 13.8 Å². The minimum Gasteiger partial charge on any atom is -0.337 e. The normalized spacial score (nSPS) is 17.2. The number of amides is 1. The molecule has 0 spiro atoms. The van der Waals surface area contributed by atoms with Crippen LogP contribution in [-0.4, -0.2) is 47.2 Å². The first kappa shape index (κ1) is 16.4. The molecular formula is C17H19N7O2. The summed E-state index contributed by atoms with van der Waals surface area (Å²) in [6, 6.07) is 3.35. The highest BCUT2D eigenvalue weighted by atomic mass is 16.5. The van der Waals surface area contributed by atoms with Crippen LogP contribution in [0.2, 0.25) is 0 Å². The summed E-state index contributed by atoms with van der Waals surface area (Å²) in [6.07, 6.45) is 6.41. The van der Waals surface area contributed by atoms with Crippen molar-refractivity contribution in [3.63, 3.8) is 0 Å². The predicted octanol–water partition coefficient (Wildman–Crippen LogP) is 2.15. The standard InChI is InChI=1S/C17H19N7O2/c1-11(2)15-21-16(26-22-15)13-4-3-7-24(13)17(25)12-5-6-14(18-8-12)23-9-19-20-10-23/h5-6,8-11,13H,3-4,7H2,1-2H3/t13-/m1/s1. The zero-order chi connectivity index (χ0) is 18.1. The summed E-state index contributed by atoms with van der Waals surface area (Å²) in [5.41, 5.74) is 0.525. The lowest BCUT2D eigenvalue weighted by atomic mass is 10.2. The molecule has 0 aromatic carbocycles. The molecule has 0 saturated carbocycles. The van der Waals surface area contributed by atoms with Gasteiger partial charge < -0.3 is 9.42 Å². The van der Waals surface area contributed by atoms with E-state index in [2.05, 4.69) is 25.3 Å². The summed E-state index contributed by atoms with van der Waals surface area (Å²) in [7, 11) is 0. The molecule has 9 nitrogen and oxygen atoms in total. The number of aromatic nitrogens is 6. The third kappa shape index (κ3) is 2.96. The Bertz CT molecular complexity index is 886. The first-order valence-corrected chi connectivity index (χ1v) is 8.59. The van der Waals surface area contributed by atoms with Gasteiger partial charge in [-0.05, 0) is 25.0 Å². The SMILES string of the molecule is CC(C)c1noc([C@H]2CCCN2C(=O)c2ccc(-n3cnnc3)nc2)n1. The largest absolute Gasteiger partial charge is 0.337 e. The van der Waals surface area contributed by atoms with Gasteiger partial charge in [-0.25, -0.2) is 4.98 Å². The molecule has 1 fully saturated rings. The van der Waals surface area contributed by atoms with E-state index in [1.54, 1.807) is 40.5 Å². The van der Waals surface area contributed by atoms with Gasteiger partial charge in [-0.15, -0.1) is 10.2 Å². The van der Waals surface area contributed by atoms with Crippen LogP contribution in [-0.2, 0) is 0 Å². The van der Waals surface area contributed by atoms with Gasteiger partial charge in [0.25, 0.3) is 5.91 Å². The number of likely N-dealkylation sites (tertiary alicyclic amines) is 1. The molecule has 4 heterocycles. The monoisotopic (exact) mass is 353 g/mol. The van der Waals surface area contributed by atoms with Gasteiger partial charge in [-0.3, -0.25) is 9.36 Å². The zero-order valence-electron chi connectivity index (χ0n) is 14.6. The Morgan fingerprint density at radius 1 is 1.27 bits per heavy atom. The number of rotatable bonds is 4. The number of hydrogen-bond donors (Lipinski definition) is 0. The third-order valence-electron chi connectivity index (χ3n) is 4.45. The summed E-state index contributed by atoms with van der Waals surface area (Å²) < 4.78 is 7.09. The highest BCUT2D eigenvalue weighted by molar-refractivity contribution is 5.94. The molecule has 0 aliphatic carbocycles. The van der Waals surface area contributed by atoms with Gasteiger partial charge in [0.1, 0.15) is 24.5 Å². The van der Waals surface area contributed by atoms with Crippen LogP contribution in [0.1, 0.15) is 60.7 Å². The van der Waals surface area contributed by atoms with Crippen molar-refractivity contribution >= 4 is 5.91 Å². The van der Waals surface area contributed by atoms with Crippen LogP contribution in [0.3, 0.4) is 0 Å². The van der Waals surface area contributed by atoms with Crippen molar-refractivity contribution in [1.29, 1.82) is 0 Å². The fraction of sp³-hybridized carbons (Fsp3) is 0.412. The summed E-state index contributed by atoms with van der Waals surface area (Å²) in [5.74, 6) is 1.93. The molecule has 0 radical (unpaired) electrons. The summed E-state index contributed by atoms with van der Waals surface area (Å²) in [4.78, 5) is 23.5. The van der Waals surface area contributed by atoms with Crippen LogP contribution in [0.4, 0.5) is 0 Å². The molecule has 4 rings (SSSR count). The van der Waals surface area contributed by atoms with Crippen molar-refractivity contribution in [3.05, 3.63) is 48.3 Å². The minimum absolute atomic E-state index is 0.0837. The van der Waals surface area contributed by atoms with Crippen molar-refractivity contribution in [2.24, 2.45) is 0 Å². The number of nitrogens with zero attached hydrogens (tertiary/aromatic N) is 7. The van der Waals surface area contributed by atoms with Crippen molar-refractivity contribution in [1.82, 2.24) is 34.8 Å². The maximum absolute atomic E-state index is 12.9. The number of carbonyl (C=O) groups is 1. The summed E-state index contributed by atoms with van der Waals surface area (Å²) in [5, 5.41) is 11.5. The Balaban J connectivity index is 1.54. The molecule has 0 N–H and O–H groups in total. The number of pyridine rings is 1. The second-order valence-corrected chi connectivity index (χ2v) is 6.58. The molecule has 1 aliphatic heterocycles. The lowest BCUT2D eigenvalue weighted by molar-refractivity contribution is 0.0709. The average molecular weight is 353 g/mol. The van der Waals surface area contributed by atoms with Gasteiger partial charge in [0, 0.05) is 18.7 Å². The molecule has 3 aromatic heterocycles. The molecule has 0 unspecified atom stereocenters. The fourth-order valence-corrected chi connectivity index (χ4v) is 3.03. The van der Waals surface area contributed by atoms with Crippen LogP contribution < -0.4 is 0 Å². The van der Waals surface area contributed by atoms with Crippen LogP contribution in [0.25, 0.3) is 5.82 Å². The predicted molar refractivity (Wildman–Crippen MR) is 90.6 cm³/mol. The van der Waals surface area contributed by atoms with Gasteiger partial charge >= 0.3 is 0 Å². The van der Waals surface area contributed by atoms with Gasteiger partial charge in [-0.2, -0.15) is 4.98 Å². The van der Waals surface area contributed by atoms with E-state index in [1.165, 1.54) is 0 Å². The molecular weight excluding hydrogens is 334 g/mol. The maximum Gasteiger partial charge on any atom is 0.256 e. The highest BCUT2D eigenvalue weighted by Gasteiger charge is 2.34. The van der Waals surface area contributed by atoms with Crippen LogP contribution in [0.5, 0.6) is 0 Å². The molecule has 1 saturated heterocycles. The van der Waals surface area contributed by atoms with Crippen molar-refractivity contribution in [2.75, 3.05) is 6.54 Å². The van der Waals surface area contributed by atoms with E-state index in [9.17, 15) is 4.79 Å². The fourth-order valence-electron chi connectivity index (χ4n) is 3.03.